The zero-order valence-corrected chi connectivity index (χ0v) is 29.0. The van der Waals surface area contributed by atoms with Gasteiger partial charge in [-0.25, -0.2) is 4.98 Å². The number of alkyl halides is 3. The molecule has 2 saturated heterocycles. The Hall–Kier alpha value is -3.70. The van der Waals surface area contributed by atoms with Crippen LogP contribution < -0.4 is 10.1 Å². The first kappa shape index (κ1) is 34.7. The average molecular weight is 707 g/mol. The summed E-state index contributed by atoms with van der Waals surface area (Å²) >= 11 is 6.79. The largest absolute Gasteiger partial charge is 0.492 e. The molecule has 1 aromatic heterocycles. The standard InChI is InChI=1S/C39H42ClF3N4O3/c1-2-19-50-34-24-33-30(23-32(34)40)35(37(48)45-38(13-14-38)27-8-4-3-5-9-27)31(36(44-33)26-7-6-10-28(22-26)39(41,42)43)25-46-15-11-29(12-16-46)47-17-20-49-21-18-47/h3-10,22-24,29H,2,11-21,25H2,1H3,(H,45,48). The Kier molecular flexibility index (Phi) is 10.1. The van der Waals surface area contributed by atoms with E-state index < -0.39 is 17.3 Å². The van der Waals surface area contributed by atoms with Crippen LogP contribution in [0.4, 0.5) is 13.2 Å². The molecule has 264 valence electrons. The van der Waals surface area contributed by atoms with E-state index in [1.807, 2.05) is 37.3 Å². The van der Waals surface area contributed by atoms with Gasteiger partial charge in [0.05, 0.1) is 52.7 Å². The Balaban J connectivity index is 1.35. The Morgan fingerprint density at radius 2 is 1.76 bits per heavy atom. The predicted octanol–water partition coefficient (Wildman–Crippen LogP) is 8.08. The van der Waals surface area contributed by atoms with Crippen LogP contribution in [0.3, 0.4) is 0 Å². The highest BCUT2D eigenvalue weighted by Gasteiger charge is 2.46. The van der Waals surface area contributed by atoms with Gasteiger partial charge in [-0.3, -0.25) is 14.6 Å². The van der Waals surface area contributed by atoms with Gasteiger partial charge in [-0.1, -0.05) is 61.0 Å². The Morgan fingerprint density at radius 3 is 2.44 bits per heavy atom. The second-order valence-corrected chi connectivity index (χ2v) is 14.0. The first-order valence-electron chi connectivity index (χ1n) is 17.5. The highest BCUT2D eigenvalue weighted by Crippen LogP contribution is 2.46. The normalized spacial score (nSPS) is 18.7. The molecular formula is C39H42ClF3N4O3. The van der Waals surface area contributed by atoms with E-state index in [0.29, 0.717) is 63.3 Å². The lowest BCUT2D eigenvalue weighted by atomic mass is 9.93. The molecule has 1 N–H and O–H groups in total. The lowest BCUT2D eigenvalue weighted by Crippen LogP contribution is -2.48. The maximum atomic E-state index is 14.8. The number of rotatable bonds is 10. The minimum atomic E-state index is -4.54. The van der Waals surface area contributed by atoms with Gasteiger partial charge in [-0.15, -0.1) is 0 Å². The highest BCUT2D eigenvalue weighted by atomic mass is 35.5. The molecule has 0 radical (unpaired) electrons. The summed E-state index contributed by atoms with van der Waals surface area (Å²) in [5, 5.41) is 4.22. The minimum Gasteiger partial charge on any atom is -0.492 e. The number of nitrogens with zero attached hydrogens (tertiary/aromatic N) is 3. The van der Waals surface area contributed by atoms with Crippen molar-refractivity contribution in [2.45, 2.75) is 63.3 Å². The third kappa shape index (κ3) is 7.35. The lowest BCUT2D eigenvalue weighted by Gasteiger charge is -2.40. The van der Waals surface area contributed by atoms with Crippen LogP contribution in [0.1, 0.15) is 66.1 Å². The third-order valence-corrected chi connectivity index (χ3v) is 10.5. The Labute approximate surface area is 295 Å². The minimum absolute atomic E-state index is 0.296. The fraction of sp³-hybridized carbons (Fsp3) is 0.436. The SMILES string of the molecule is CCCOc1cc2nc(-c3cccc(C(F)(F)F)c3)c(CN3CCC(N4CCOCC4)CC3)c(C(=O)NC3(c4ccccc4)CC3)c2cc1Cl. The smallest absolute Gasteiger partial charge is 0.416 e. The number of fused-ring (bicyclic) bond motifs is 1. The van der Waals surface area contributed by atoms with Crippen LogP contribution in [-0.4, -0.2) is 72.7 Å². The average Bonchev–Trinajstić information content (AvgIpc) is 3.91. The third-order valence-electron chi connectivity index (χ3n) is 10.2. The molecule has 11 heteroatoms. The molecule has 1 saturated carbocycles. The van der Waals surface area contributed by atoms with Gasteiger partial charge in [0.1, 0.15) is 5.75 Å². The van der Waals surface area contributed by atoms with Crippen LogP contribution in [0, 0.1) is 0 Å². The molecule has 3 aliphatic rings. The van der Waals surface area contributed by atoms with E-state index in [2.05, 4.69) is 15.1 Å². The number of nitrogens with one attached hydrogen (secondary N) is 1. The number of piperidine rings is 1. The summed E-state index contributed by atoms with van der Waals surface area (Å²) in [6, 6.07) is 19.0. The molecule has 0 atom stereocenters. The zero-order valence-electron chi connectivity index (χ0n) is 28.2. The number of benzene rings is 3. The molecule has 1 amide bonds. The molecule has 3 heterocycles. The summed E-state index contributed by atoms with van der Waals surface area (Å²) < 4.78 is 53.6. The van der Waals surface area contributed by atoms with E-state index in [1.165, 1.54) is 6.07 Å². The van der Waals surface area contributed by atoms with Crippen molar-refractivity contribution in [1.82, 2.24) is 20.1 Å². The van der Waals surface area contributed by atoms with Crippen molar-refractivity contribution in [2.75, 3.05) is 46.0 Å². The van der Waals surface area contributed by atoms with Gasteiger partial charge in [0.15, 0.2) is 0 Å². The molecular weight excluding hydrogens is 665 g/mol. The van der Waals surface area contributed by atoms with E-state index in [-0.39, 0.29) is 5.91 Å². The van der Waals surface area contributed by atoms with Gasteiger partial charge in [-0.05, 0) is 69.0 Å². The summed E-state index contributed by atoms with van der Waals surface area (Å²) in [6.07, 6.45) is -0.325. The van der Waals surface area contributed by atoms with Crippen LogP contribution in [0.5, 0.6) is 5.75 Å². The van der Waals surface area contributed by atoms with Crippen molar-refractivity contribution in [3.8, 4) is 17.0 Å². The van der Waals surface area contributed by atoms with Crippen LogP contribution in [0.25, 0.3) is 22.2 Å². The number of carbonyl (C=O) groups is 1. The van der Waals surface area contributed by atoms with Crippen molar-refractivity contribution in [2.24, 2.45) is 0 Å². The number of hydrogen-bond donors (Lipinski definition) is 1. The quantitative estimate of drug-likeness (QED) is 0.180. The van der Waals surface area contributed by atoms with Gasteiger partial charge in [-0.2, -0.15) is 13.2 Å². The summed E-state index contributed by atoms with van der Waals surface area (Å²) in [7, 11) is 0. The van der Waals surface area contributed by atoms with Crippen molar-refractivity contribution in [1.29, 1.82) is 0 Å². The number of likely N-dealkylation sites (tertiary alicyclic amines) is 1. The maximum absolute atomic E-state index is 14.8. The van der Waals surface area contributed by atoms with Crippen molar-refractivity contribution >= 4 is 28.4 Å². The number of aromatic nitrogens is 1. The molecule has 3 fully saturated rings. The molecule has 3 aromatic carbocycles. The molecule has 1 aliphatic carbocycles. The van der Waals surface area contributed by atoms with E-state index in [0.717, 1.165) is 89.2 Å². The van der Waals surface area contributed by atoms with Gasteiger partial charge in [0.25, 0.3) is 5.91 Å². The molecule has 50 heavy (non-hydrogen) atoms. The topological polar surface area (TPSA) is 66.9 Å². The molecule has 4 aromatic rings. The van der Waals surface area contributed by atoms with Gasteiger partial charge >= 0.3 is 6.18 Å². The van der Waals surface area contributed by atoms with Crippen LogP contribution in [-0.2, 0) is 23.0 Å². The van der Waals surface area contributed by atoms with Crippen molar-refractivity contribution < 1.29 is 27.4 Å². The van der Waals surface area contributed by atoms with Crippen LogP contribution in [0.15, 0.2) is 66.7 Å². The second kappa shape index (κ2) is 14.5. The molecule has 0 bridgehead atoms. The van der Waals surface area contributed by atoms with Crippen molar-refractivity contribution in [3.63, 3.8) is 0 Å². The number of carbonyl (C=O) groups excluding carboxylic acids is 1. The second-order valence-electron chi connectivity index (χ2n) is 13.6. The molecule has 7 nitrogen and oxygen atoms in total. The van der Waals surface area contributed by atoms with Crippen LogP contribution >= 0.6 is 11.6 Å². The fourth-order valence-electron chi connectivity index (χ4n) is 7.38. The first-order valence-corrected chi connectivity index (χ1v) is 17.9. The fourth-order valence-corrected chi connectivity index (χ4v) is 7.60. The van der Waals surface area contributed by atoms with Crippen molar-refractivity contribution in [3.05, 3.63) is 94.0 Å². The summed E-state index contributed by atoms with van der Waals surface area (Å²) in [6.45, 7) is 7.61. The number of pyridine rings is 1. The van der Waals surface area contributed by atoms with E-state index >= 15 is 0 Å². The van der Waals surface area contributed by atoms with Gasteiger partial charge in [0, 0.05) is 48.3 Å². The Morgan fingerprint density at radius 1 is 1.02 bits per heavy atom. The number of hydrogen-bond acceptors (Lipinski definition) is 6. The van der Waals surface area contributed by atoms with E-state index in [1.54, 1.807) is 18.2 Å². The molecule has 7 rings (SSSR count). The van der Waals surface area contributed by atoms with Gasteiger partial charge in [0.2, 0.25) is 0 Å². The summed E-state index contributed by atoms with van der Waals surface area (Å²) in [4.78, 5) is 24.5. The summed E-state index contributed by atoms with van der Waals surface area (Å²) in [5.74, 6) is 0.110. The zero-order chi connectivity index (χ0) is 34.9. The number of ether oxygens (including phenoxy) is 2. The Bertz CT molecular complexity index is 1840. The highest BCUT2D eigenvalue weighted by molar-refractivity contribution is 6.33. The molecule has 2 aliphatic heterocycles. The number of halogens is 4. The molecule has 0 spiro atoms. The maximum Gasteiger partial charge on any atom is 0.416 e. The van der Waals surface area contributed by atoms with Crippen LogP contribution in [0.2, 0.25) is 5.02 Å². The lowest BCUT2D eigenvalue weighted by molar-refractivity contribution is -0.137. The summed E-state index contributed by atoms with van der Waals surface area (Å²) in [5.41, 5.74) is 1.75. The monoisotopic (exact) mass is 706 g/mol. The predicted molar refractivity (Wildman–Crippen MR) is 188 cm³/mol. The number of morpholine rings is 1. The first-order chi connectivity index (χ1) is 24.1. The number of amides is 1. The van der Waals surface area contributed by atoms with E-state index in [9.17, 15) is 18.0 Å². The van der Waals surface area contributed by atoms with Gasteiger partial charge < -0.3 is 14.8 Å². The van der Waals surface area contributed by atoms with E-state index in [4.69, 9.17) is 26.1 Å². The molecule has 0 unspecified atom stereocenters.